The molecule has 1 N–H and O–H groups in total. The van der Waals surface area contributed by atoms with Gasteiger partial charge in [0.2, 0.25) is 0 Å². The summed E-state index contributed by atoms with van der Waals surface area (Å²) in [4.78, 5) is 16.1. The van der Waals surface area contributed by atoms with E-state index in [-0.39, 0.29) is 5.56 Å². The smallest absolute Gasteiger partial charge is 0.293 e. The molecule has 1 aromatic rings. The van der Waals surface area contributed by atoms with Crippen molar-refractivity contribution in [3.63, 3.8) is 0 Å². The van der Waals surface area contributed by atoms with E-state index in [2.05, 4.69) is 24.1 Å². The van der Waals surface area contributed by atoms with Gasteiger partial charge in [-0.3, -0.25) is 4.79 Å². The molecule has 0 aliphatic heterocycles. The Hall–Kier alpha value is -1.32. The SMILES string of the molecule is CCCn1ccnc(NC(C)C2CC2)c1=O. The molecule has 2 rings (SSSR count). The van der Waals surface area contributed by atoms with Gasteiger partial charge in [0.15, 0.2) is 5.82 Å². The zero-order valence-electron chi connectivity index (χ0n) is 9.94. The van der Waals surface area contributed by atoms with Crippen LogP contribution < -0.4 is 10.9 Å². The van der Waals surface area contributed by atoms with Gasteiger partial charge >= 0.3 is 0 Å². The van der Waals surface area contributed by atoms with Crippen LogP contribution in [0.25, 0.3) is 0 Å². The summed E-state index contributed by atoms with van der Waals surface area (Å²) in [5.74, 6) is 1.22. The molecule has 1 aliphatic carbocycles. The molecule has 4 heteroatoms. The van der Waals surface area contributed by atoms with Gasteiger partial charge in [0.05, 0.1) is 0 Å². The van der Waals surface area contributed by atoms with Crippen LogP contribution in [0.4, 0.5) is 5.82 Å². The van der Waals surface area contributed by atoms with Gasteiger partial charge in [0, 0.05) is 25.0 Å². The van der Waals surface area contributed by atoms with Crippen molar-refractivity contribution in [3.05, 3.63) is 22.7 Å². The van der Waals surface area contributed by atoms with Crippen LogP contribution in [0.1, 0.15) is 33.1 Å². The van der Waals surface area contributed by atoms with E-state index >= 15 is 0 Å². The van der Waals surface area contributed by atoms with E-state index in [0.717, 1.165) is 18.9 Å². The molecular formula is C12H19N3O. The minimum atomic E-state index is -0.00292. The van der Waals surface area contributed by atoms with E-state index < -0.39 is 0 Å². The van der Waals surface area contributed by atoms with Crippen LogP contribution in [0.5, 0.6) is 0 Å². The fraction of sp³-hybridized carbons (Fsp3) is 0.667. The number of nitrogens with zero attached hydrogens (tertiary/aromatic N) is 2. The van der Waals surface area contributed by atoms with Crippen molar-refractivity contribution in [1.82, 2.24) is 9.55 Å². The predicted octanol–water partition coefficient (Wildman–Crippen LogP) is 1.86. The van der Waals surface area contributed by atoms with E-state index in [4.69, 9.17) is 0 Å². The highest BCUT2D eigenvalue weighted by Gasteiger charge is 2.28. The number of rotatable bonds is 5. The third-order valence-corrected chi connectivity index (χ3v) is 3.07. The molecule has 0 aromatic carbocycles. The molecule has 1 heterocycles. The molecule has 4 nitrogen and oxygen atoms in total. The second-order valence-corrected chi connectivity index (χ2v) is 4.54. The van der Waals surface area contributed by atoms with Crippen molar-refractivity contribution >= 4 is 5.82 Å². The van der Waals surface area contributed by atoms with Gasteiger partial charge in [0.1, 0.15) is 0 Å². The molecule has 0 radical (unpaired) electrons. The highest BCUT2D eigenvalue weighted by molar-refractivity contribution is 5.32. The molecule has 0 amide bonds. The summed E-state index contributed by atoms with van der Waals surface area (Å²) in [5, 5.41) is 3.23. The van der Waals surface area contributed by atoms with E-state index in [1.165, 1.54) is 12.8 Å². The number of aromatic nitrogens is 2. The highest BCUT2D eigenvalue weighted by Crippen LogP contribution is 2.33. The Bertz CT molecular complexity index is 409. The van der Waals surface area contributed by atoms with Crippen molar-refractivity contribution < 1.29 is 0 Å². The second kappa shape index (κ2) is 4.68. The summed E-state index contributed by atoms with van der Waals surface area (Å²) in [6.45, 7) is 4.94. The quantitative estimate of drug-likeness (QED) is 0.825. The molecule has 16 heavy (non-hydrogen) atoms. The topological polar surface area (TPSA) is 46.9 Å². The molecule has 0 saturated heterocycles. The molecule has 1 saturated carbocycles. The highest BCUT2D eigenvalue weighted by atomic mass is 16.1. The van der Waals surface area contributed by atoms with E-state index in [9.17, 15) is 4.79 Å². The maximum Gasteiger partial charge on any atom is 0.293 e. The summed E-state index contributed by atoms with van der Waals surface area (Å²) in [6.07, 6.45) is 6.94. The lowest BCUT2D eigenvalue weighted by molar-refractivity contribution is 0.640. The van der Waals surface area contributed by atoms with Crippen LogP contribution in [-0.2, 0) is 6.54 Å². The first-order chi connectivity index (χ1) is 7.72. The van der Waals surface area contributed by atoms with Gasteiger partial charge in [-0.1, -0.05) is 6.92 Å². The molecule has 1 aliphatic rings. The van der Waals surface area contributed by atoms with Gasteiger partial charge in [0.25, 0.3) is 5.56 Å². The van der Waals surface area contributed by atoms with Crippen LogP contribution in [0.15, 0.2) is 17.2 Å². The fourth-order valence-corrected chi connectivity index (χ4v) is 1.89. The van der Waals surface area contributed by atoms with E-state index in [1.807, 2.05) is 0 Å². The standard InChI is InChI=1S/C12H19N3O/c1-3-7-15-8-6-13-11(12(15)16)14-9(2)10-4-5-10/h6,8-10H,3-5,7H2,1-2H3,(H,13,14). The molecule has 1 aromatic heterocycles. The first kappa shape index (κ1) is 11.2. The number of aryl methyl sites for hydroxylation is 1. The van der Waals surface area contributed by atoms with Crippen molar-refractivity contribution in [1.29, 1.82) is 0 Å². The molecule has 1 atom stereocenters. The summed E-state index contributed by atoms with van der Waals surface area (Å²) >= 11 is 0. The first-order valence-electron chi connectivity index (χ1n) is 6.04. The Balaban J connectivity index is 2.13. The van der Waals surface area contributed by atoms with Gasteiger partial charge in [-0.05, 0) is 32.1 Å². The van der Waals surface area contributed by atoms with Crippen molar-refractivity contribution in [2.24, 2.45) is 5.92 Å². The van der Waals surface area contributed by atoms with Gasteiger partial charge in [-0.25, -0.2) is 4.98 Å². The summed E-state index contributed by atoms with van der Waals surface area (Å²) < 4.78 is 1.72. The largest absolute Gasteiger partial charge is 0.363 e. The average molecular weight is 221 g/mol. The minimum absolute atomic E-state index is 0.00292. The number of hydrogen-bond donors (Lipinski definition) is 1. The van der Waals surface area contributed by atoms with Crippen molar-refractivity contribution in [2.45, 2.75) is 45.7 Å². The fourth-order valence-electron chi connectivity index (χ4n) is 1.89. The Morgan fingerprint density at radius 3 is 3.00 bits per heavy atom. The summed E-state index contributed by atoms with van der Waals surface area (Å²) in [5.41, 5.74) is -0.00292. The van der Waals surface area contributed by atoms with E-state index in [0.29, 0.717) is 11.9 Å². The predicted molar refractivity (Wildman–Crippen MR) is 64.6 cm³/mol. The van der Waals surface area contributed by atoms with Gasteiger partial charge in [-0.2, -0.15) is 0 Å². The van der Waals surface area contributed by atoms with Crippen molar-refractivity contribution in [3.8, 4) is 0 Å². The number of anilines is 1. The van der Waals surface area contributed by atoms with Gasteiger partial charge in [-0.15, -0.1) is 0 Å². The Morgan fingerprint density at radius 2 is 2.38 bits per heavy atom. The summed E-state index contributed by atoms with van der Waals surface area (Å²) in [6, 6.07) is 0.359. The number of nitrogens with one attached hydrogen (secondary N) is 1. The monoisotopic (exact) mass is 221 g/mol. The molecule has 1 fully saturated rings. The van der Waals surface area contributed by atoms with Crippen LogP contribution in [-0.4, -0.2) is 15.6 Å². The average Bonchev–Trinajstić information content (AvgIpc) is 3.07. The molecule has 0 spiro atoms. The minimum Gasteiger partial charge on any atom is -0.363 e. The lowest BCUT2D eigenvalue weighted by atomic mass is 10.2. The lowest BCUT2D eigenvalue weighted by Gasteiger charge is -2.13. The zero-order chi connectivity index (χ0) is 11.5. The second-order valence-electron chi connectivity index (χ2n) is 4.54. The number of hydrogen-bond acceptors (Lipinski definition) is 3. The van der Waals surface area contributed by atoms with Gasteiger partial charge < -0.3 is 9.88 Å². The maximum atomic E-state index is 12.0. The molecule has 1 unspecified atom stereocenters. The first-order valence-corrected chi connectivity index (χ1v) is 6.04. The summed E-state index contributed by atoms with van der Waals surface area (Å²) in [7, 11) is 0. The Morgan fingerprint density at radius 1 is 1.62 bits per heavy atom. The van der Waals surface area contributed by atoms with Crippen LogP contribution in [0.2, 0.25) is 0 Å². The third-order valence-electron chi connectivity index (χ3n) is 3.07. The maximum absolute atomic E-state index is 12.0. The third kappa shape index (κ3) is 2.43. The molecule has 0 bridgehead atoms. The van der Waals surface area contributed by atoms with Crippen LogP contribution >= 0.6 is 0 Å². The Labute approximate surface area is 95.7 Å². The molecule has 88 valence electrons. The van der Waals surface area contributed by atoms with Crippen molar-refractivity contribution in [2.75, 3.05) is 5.32 Å². The molecular weight excluding hydrogens is 202 g/mol. The normalized spacial score (nSPS) is 17.1. The van der Waals surface area contributed by atoms with Crippen LogP contribution in [0.3, 0.4) is 0 Å². The van der Waals surface area contributed by atoms with Crippen LogP contribution in [0, 0.1) is 5.92 Å². The Kier molecular flexibility index (Phi) is 3.27. The lowest BCUT2D eigenvalue weighted by Crippen LogP contribution is -2.28. The zero-order valence-corrected chi connectivity index (χ0v) is 9.94. The van der Waals surface area contributed by atoms with E-state index in [1.54, 1.807) is 17.0 Å².